The van der Waals surface area contributed by atoms with Crippen molar-refractivity contribution in [1.29, 1.82) is 0 Å². The average Bonchev–Trinajstić information content (AvgIpc) is 2.41. The van der Waals surface area contributed by atoms with E-state index in [1.54, 1.807) is 0 Å². The quantitative estimate of drug-likeness (QED) is 0.843. The van der Waals surface area contributed by atoms with Gasteiger partial charge in [0.05, 0.1) is 6.61 Å². The lowest BCUT2D eigenvalue weighted by Gasteiger charge is -1.93. The molecular formula is C10H8Cl2N4O2. The first-order valence-corrected chi connectivity index (χ1v) is 5.42. The number of rotatable bonds is 2. The van der Waals surface area contributed by atoms with E-state index >= 15 is 0 Å². The lowest BCUT2D eigenvalue weighted by atomic mass is 10.5. The van der Waals surface area contributed by atoms with Crippen LogP contribution in [0.4, 0.5) is 0 Å². The Morgan fingerprint density at radius 3 is 1.94 bits per heavy atom. The van der Waals surface area contributed by atoms with E-state index in [-0.39, 0.29) is 22.6 Å². The summed E-state index contributed by atoms with van der Waals surface area (Å²) in [4.78, 5) is 24.7. The molecule has 2 aromatic heterocycles. The molecule has 0 aliphatic heterocycles. The van der Waals surface area contributed by atoms with Gasteiger partial charge in [-0.3, -0.25) is 9.78 Å². The Balaban J connectivity index is 0.000000180. The summed E-state index contributed by atoms with van der Waals surface area (Å²) in [7, 11) is 0. The molecule has 94 valence electrons. The van der Waals surface area contributed by atoms with Gasteiger partial charge in [-0.25, -0.2) is 15.0 Å². The molecule has 0 unspecified atom stereocenters. The maximum Gasteiger partial charge on any atom is 0.171 e. The lowest BCUT2D eigenvalue weighted by molar-refractivity contribution is 0.111. The normalized spacial score (nSPS) is 9.28. The first-order valence-electron chi connectivity index (χ1n) is 4.67. The summed E-state index contributed by atoms with van der Waals surface area (Å²) in [5.74, 6) is 0. The number of carbonyl (C=O) groups is 1. The summed E-state index contributed by atoms with van der Waals surface area (Å²) < 4.78 is 0. The second-order valence-electron chi connectivity index (χ2n) is 2.80. The predicted octanol–water partition coefficient (Wildman–Crippen LogP) is 1.56. The van der Waals surface area contributed by atoms with Crippen LogP contribution in [-0.2, 0) is 6.61 Å². The number of aliphatic hydroxyl groups excluding tert-OH is 1. The summed E-state index contributed by atoms with van der Waals surface area (Å²) in [5.41, 5.74) is 0.596. The Hall–Kier alpha value is -1.63. The minimum atomic E-state index is -0.160. The zero-order chi connectivity index (χ0) is 13.4. The second kappa shape index (κ2) is 7.65. The van der Waals surface area contributed by atoms with Gasteiger partial charge in [-0.15, -0.1) is 0 Å². The van der Waals surface area contributed by atoms with Gasteiger partial charge in [0.1, 0.15) is 11.4 Å². The van der Waals surface area contributed by atoms with E-state index in [0.717, 1.165) is 0 Å². The Morgan fingerprint density at radius 1 is 1.00 bits per heavy atom. The topological polar surface area (TPSA) is 88.9 Å². The van der Waals surface area contributed by atoms with E-state index in [9.17, 15) is 4.79 Å². The van der Waals surface area contributed by atoms with E-state index in [0.29, 0.717) is 12.0 Å². The molecule has 2 aromatic rings. The molecule has 0 atom stereocenters. The molecule has 1 N–H and O–H groups in total. The largest absolute Gasteiger partial charge is 0.390 e. The van der Waals surface area contributed by atoms with Crippen LogP contribution in [0.1, 0.15) is 16.2 Å². The Morgan fingerprint density at radius 2 is 1.56 bits per heavy atom. The second-order valence-corrected chi connectivity index (χ2v) is 3.52. The van der Waals surface area contributed by atoms with Gasteiger partial charge in [-0.1, -0.05) is 23.2 Å². The van der Waals surface area contributed by atoms with Gasteiger partial charge in [0.15, 0.2) is 16.6 Å². The Kier molecular flexibility index (Phi) is 6.13. The summed E-state index contributed by atoms with van der Waals surface area (Å²) in [6, 6.07) is 0. The molecule has 0 saturated heterocycles. The summed E-state index contributed by atoms with van der Waals surface area (Å²) in [5, 5.41) is 8.94. The van der Waals surface area contributed by atoms with Crippen molar-refractivity contribution in [2.75, 3.05) is 0 Å². The van der Waals surface area contributed by atoms with Crippen molar-refractivity contribution in [3.05, 3.63) is 46.5 Å². The van der Waals surface area contributed by atoms with Crippen LogP contribution in [0.2, 0.25) is 10.3 Å². The van der Waals surface area contributed by atoms with Crippen LogP contribution < -0.4 is 0 Å². The Bertz CT molecular complexity index is 525. The maximum absolute atomic E-state index is 10.0. The van der Waals surface area contributed by atoms with Crippen LogP contribution >= 0.6 is 23.2 Å². The number of aliphatic hydroxyl groups is 1. The minimum Gasteiger partial charge on any atom is -0.390 e. The van der Waals surface area contributed by atoms with E-state index < -0.39 is 0 Å². The molecule has 0 aliphatic rings. The molecule has 18 heavy (non-hydrogen) atoms. The standard InChI is InChI=1S/C5H5ClN2O.C5H3ClN2O/c2*6-5-4(3-9)7-1-2-8-5/h1-2,9H,3H2;1-3H. The monoisotopic (exact) mass is 286 g/mol. The van der Waals surface area contributed by atoms with Crippen molar-refractivity contribution < 1.29 is 9.90 Å². The third-order valence-corrected chi connectivity index (χ3v) is 2.27. The van der Waals surface area contributed by atoms with Gasteiger partial charge in [0.2, 0.25) is 0 Å². The minimum absolute atomic E-state index is 0.146. The van der Waals surface area contributed by atoms with Crippen molar-refractivity contribution >= 4 is 29.5 Å². The third kappa shape index (κ3) is 4.33. The van der Waals surface area contributed by atoms with E-state index in [1.807, 2.05) is 0 Å². The number of hydrogen-bond acceptors (Lipinski definition) is 6. The molecule has 0 fully saturated rings. The molecule has 2 heterocycles. The van der Waals surface area contributed by atoms with Gasteiger partial charge in [0, 0.05) is 24.8 Å². The van der Waals surface area contributed by atoms with Crippen molar-refractivity contribution in [3.63, 3.8) is 0 Å². The fourth-order valence-electron chi connectivity index (χ4n) is 0.867. The van der Waals surface area contributed by atoms with Crippen LogP contribution in [-0.4, -0.2) is 31.3 Å². The molecule has 0 aromatic carbocycles. The van der Waals surface area contributed by atoms with E-state index in [2.05, 4.69) is 19.9 Å². The van der Waals surface area contributed by atoms with Crippen molar-refractivity contribution in [1.82, 2.24) is 19.9 Å². The summed E-state index contributed by atoms with van der Waals surface area (Å²) >= 11 is 10.9. The lowest BCUT2D eigenvalue weighted by Crippen LogP contribution is -1.90. The smallest absolute Gasteiger partial charge is 0.171 e. The molecule has 0 bridgehead atoms. The van der Waals surface area contributed by atoms with Gasteiger partial charge in [-0.2, -0.15) is 0 Å². The maximum atomic E-state index is 10.0. The first-order chi connectivity index (χ1) is 8.69. The fourth-order valence-corrected chi connectivity index (χ4v) is 1.18. The van der Waals surface area contributed by atoms with Crippen LogP contribution in [0.15, 0.2) is 24.8 Å². The first kappa shape index (κ1) is 14.4. The van der Waals surface area contributed by atoms with Gasteiger partial charge in [0.25, 0.3) is 0 Å². The van der Waals surface area contributed by atoms with Crippen molar-refractivity contribution in [2.24, 2.45) is 0 Å². The molecule has 0 spiro atoms. The molecule has 2 rings (SSSR count). The fraction of sp³-hybridized carbons (Fsp3) is 0.100. The number of aromatic nitrogens is 4. The van der Waals surface area contributed by atoms with Crippen molar-refractivity contribution in [2.45, 2.75) is 6.61 Å². The molecular weight excluding hydrogens is 279 g/mol. The van der Waals surface area contributed by atoms with Crippen LogP contribution in [0.3, 0.4) is 0 Å². The molecule has 0 aliphatic carbocycles. The number of nitrogens with zero attached hydrogens (tertiary/aromatic N) is 4. The van der Waals surface area contributed by atoms with Crippen molar-refractivity contribution in [3.8, 4) is 0 Å². The number of halogens is 2. The zero-order valence-corrected chi connectivity index (χ0v) is 10.5. The van der Waals surface area contributed by atoms with Crippen LogP contribution in [0, 0.1) is 0 Å². The van der Waals surface area contributed by atoms with Gasteiger partial charge in [-0.05, 0) is 0 Å². The number of hydrogen-bond donors (Lipinski definition) is 1. The average molecular weight is 287 g/mol. The van der Waals surface area contributed by atoms with E-state index in [4.69, 9.17) is 28.3 Å². The molecule has 0 amide bonds. The van der Waals surface area contributed by atoms with Gasteiger partial charge >= 0.3 is 0 Å². The number of carbonyl (C=O) groups excluding carboxylic acids is 1. The molecule has 6 nitrogen and oxygen atoms in total. The van der Waals surface area contributed by atoms with Gasteiger partial charge < -0.3 is 5.11 Å². The predicted molar refractivity (Wildman–Crippen MR) is 65.4 cm³/mol. The molecule has 8 heteroatoms. The summed E-state index contributed by atoms with van der Waals surface area (Å²) in [6.45, 7) is -0.160. The molecule has 0 radical (unpaired) electrons. The highest BCUT2D eigenvalue weighted by molar-refractivity contribution is 6.31. The van der Waals surface area contributed by atoms with E-state index in [1.165, 1.54) is 24.8 Å². The Labute approximate surface area is 113 Å². The highest BCUT2D eigenvalue weighted by atomic mass is 35.5. The highest BCUT2D eigenvalue weighted by Crippen LogP contribution is 2.06. The number of aldehydes is 1. The third-order valence-electron chi connectivity index (χ3n) is 1.66. The molecule has 0 saturated carbocycles. The van der Waals surface area contributed by atoms with Crippen LogP contribution in [0.5, 0.6) is 0 Å². The zero-order valence-electron chi connectivity index (χ0n) is 8.99. The summed E-state index contributed by atoms with van der Waals surface area (Å²) in [6.07, 6.45) is 6.36. The SMILES string of the molecule is O=Cc1nccnc1Cl.OCc1nccnc1Cl. The highest BCUT2D eigenvalue weighted by Gasteiger charge is 1.97. The van der Waals surface area contributed by atoms with Crippen LogP contribution in [0.25, 0.3) is 0 Å².